The van der Waals surface area contributed by atoms with Crippen LogP contribution in [0.25, 0.3) is 5.65 Å². The van der Waals surface area contributed by atoms with Gasteiger partial charge in [-0.25, -0.2) is 9.50 Å². The Balaban J connectivity index is 2.35. The summed E-state index contributed by atoms with van der Waals surface area (Å²) in [7, 11) is 0. The molecule has 0 saturated carbocycles. The van der Waals surface area contributed by atoms with E-state index in [9.17, 15) is 10.2 Å². The molecule has 0 fully saturated rings. The van der Waals surface area contributed by atoms with Crippen LogP contribution < -0.4 is 5.32 Å². The van der Waals surface area contributed by atoms with Crippen LogP contribution in [-0.2, 0) is 0 Å². The normalized spacial score (nSPS) is 13.8. The summed E-state index contributed by atoms with van der Waals surface area (Å²) < 4.78 is 1.83. The second-order valence-corrected chi connectivity index (χ2v) is 5.67. The van der Waals surface area contributed by atoms with Crippen molar-refractivity contribution in [3.05, 3.63) is 29.2 Å². The summed E-state index contributed by atoms with van der Waals surface area (Å²) in [4.78, 5) is 4.43. The summed E-state index contributed by atoms with van der Waals surface area (Å²) in [6.45, 7) is 7.66. The molecular formula is C15H24N4O2. The Morgan fingerprint density at radius 3 is 2.57 bits per heavy atom. The van der Waals surface area contributed by atoms with Gasteiger partial charge in [0.2, 0.25) is 0 Å². The highest BCUT2D eigenvalue weighted by atomic mass is 16.3. The summed E-state index contributed by atoms with van der Waals surface area (Å²) in [6, 6.07) is 1.89. The van der Waals surface area contributed by atoms with Crippen LogP contribution in [0.2, 0.25) is 0 Å². The maximum Gasteiger partial charge on any atom is 0.155 e. The van der Waals surface area contributed by atoms with Crippen molar-refractivity contribution in [1.82, 2.24) is 19.9 Å². The van der Waals surface area contributed by atoms with Crippen LogP contribution in [0.4, 0.5) is 0 Å². The average Bonchev–Trinajstić information content (AvgIpc) is 2.86. The Hall–Kier alpha value is -1.50. The molecule has 6 heteroatoms. The lowest BCUT2D eigenvalue weighted by Crippen LogP contribution is -2.52. The van der Waals surface area contributed by atoms with Gasteiger partial charge in [0.15, 0.2) is 5.65 Å². The molecule has 0 amide bonds. The van der Waals surface area contributed by atoms with Crippen molar-refractivity contribution in [2.75, 3.05) is 13.2 Å². The van der Waals surface area contributed by atoms with Crippen molar-refractivity contribution in [3.63, 3.8) is 0 Å². The number of nitrogens with one attached hydrogen (secondary N) is 1. The first kappa shape index (κ1) is 15.9. The Labute approximate surface area is 124 Å². The molecule has 2 heterocycles. The van der Waals surface area contributed by atoms with Gasteiger partial charge in [-0.3, -0.25) is 0 Å². The van der Waals surface area contributed by atoms with Crippen molar-refractivity contribution < 1.29 is 10.2 Å². The zero-order valence-corrected chi connectivity index (χ0v) is 13.1. The molecule has 2 aromatic rings. The third-order valence-corrected chi connectivity index (χ3v) is 4.16. The molecule has 0 spiro atoms. The van der Waals surface area contributed by atoms with Gasteiger partial charge in [-0.2, -0.15) is 5.10 Å². The monoisotopic (exact) mass is 292 g/mol. The first-order valence-electron chi connectivity index (χ1n) is 7.27. The van der Waals surface area contributed by atoms with E-state index in [-0.39, 0.29) is 19.3 Å². The first-order valence-corrected chi connectivity index (χ1v) is 7.27. The van der Waals surface area contributed by atoms with Crippen molar-refractivity contribution in [3.8, 4) is 0 Å². The van der Waals surface area contributed by atoms with Gasteiger partial charge in [-0.15, -0.1) is 0 Å². The molecule has 2 rings (SSSR count). The zero-order valence-electron chi connectivity index (χ0n) is 13.1. The fourth-order valence-corrected chi connectivity index (χ4v) is 2.61. The zero-order chi connectivity index (χ0) is 15.6. The van der Waals surface area contributed by atoms with Gasteiger partial charge in [-0.05, 0) is 27.2 Å². The van der Waals surface area contributed by atoms with Crippen LogP contribution in [0.5, 0.6) is 0 Å². The van der Waals surface area contributed by atoms with Crippen LogP contribution in [0.15, 0.2) is 12.3 Å². The van der Waals surface area contributed by atoms with Crippen LogP contribution in [0.1, 0.15) is 43.3 Å². The van der Waals surface area contributed by atoms with E-state index in [1.807, 2.05) is 44.5 Å². The van der Waals surface area contributed by atoms with E-state index in [0.717, 1.165) is 22.6 Å². The lowest BCUT2D eigenvalue weighted by Gasteiger charge is -2.33. The van der Waals surface area contributed by atoms with E-state index < -0.39 is 5.54 Å². The molecule has 116 valence electrons. The highest BCUT2D eigenvalue weighted by molar-refractivity contribution is 5.42. The summed E-state index contributed by atoms with van der Waals surface area (Å²) >= 11 is 0. The maximum atomic E-state index is 9.56. The highest BCUT2D eigenvalue weighted by Gasteiger charge is 2.29. The number of hydrogen-bond acceptors (Lipinski definition) is 5. The van der Waals surface area contributed by atoms with E-state index in [2.05, 4.69) is 15.4 Å². The molecule has 6 nitrogen and oxygen atoms in total. The molecule has 0 bridgehead atoms. The van der Waals surface area contributed by atoms with E-state index in [1.54, 1.807) is 0 Å². The smallest absolute Gasteiger partial charge is 0.155 e. The van der Waals surface area contributed by atoms with Gasteiger partial charge in [-0.1, -0.05) is 6.92 Å². The van der Waals surface area contributed by atoms with Crippen molar-refractivity contribution >= 4 is 5.65 Å². The third-order valence-electron chi connectivity index (χ3n) is 4.16. The number of nitrogens with zero attached hydrogens (tertiary/aromatic N) is 3. The van der Waals surface area contributed by atoms with E-state index >= 15 is 0 Å². The van der Waals surface area contributed by atoms with Crippen LogP contribution >= 0.6 is 0 Å². The Morgan fingerprint density at radius 2 is 2.00 bits per heavy atom. The van der Waals surface area contributed by atoms with E-state index in [0.29, 0.717) is 6.42 Å². The number of aromatic nitrogens is 3. The lowest BCUT2D eigenvalue weighted by atomic mass is 9.95. The molecule has 0 aliphatic carbocycles. The minimum absolute atomic E-state index is 0.0503. The first-order chi connectivity index (χ1) is 9.96. The quantitative estimate of drug-likeness (QED) is 0.743. The Morgan fingerprint density at radius 1 is 1.33 bits per heavy atom. The van der Waals surface area contributed by atoms with Crippen molar-refractivity contribution in [2.24, 2.45) is 0 Å². The maximum absolute atomic E-state index is 9.56. The number of fused-ring (bicyclic) bond motifs is 1. The Bertz CT molecular complexity index is 611. The van der Waals surface area contributed by atoms with Crippen molar-refractivity contribution in [2.45, 2.75) is 45.7 Å². The topological polar surface area (TPSA) is 82.7 Å². The van der Waals surface area contributed by atoms with Gasteiger partial charge in [0, 0.05) is 29.6 Å². The van der Waals surface area contributed by atoms with Gasteiger partial charge in [0.05, 0.1) is 24.4 Å². The molecule has 0 aliphatic rings. The summed E-state index contributed by atoms with van der Waals surface area (Å²) in [5.41, 5.74) is 3.09. The van der Waals surface area contributed by atoms with Gasteiger partial charge >= 0.3 is 0 Å². The molecule has 0 saturated heterocycles. The summed E-state index contributed by atoms with van der Waals surface area (Å²) in [5, 5.41) is 26.9. The van der Waals surface area contributed by atoms with Crippen molar-refractivity contribution in [1.29, 1.82) is 0 Å². The number of rotatable bonds is 6. The number of hydrogen-bond donors (Lipinski definition) is 3. The predicted molar refractivity (Wildman–Crippen MR) is 81.2 cm³/mol. The molecule has 0 aliphatic heterocycles. The predicted octanol–water partition coefficient (Wildman–Crippen LogP) is 1.13. The molecule has 1 atom stereocenters. The summed E-state index contributed by atoms with van der Waals surface area (Å²) in [5.74, 6) is 0. The second-order valence-electron chi connectivity index (χ2n) is 5.67. The molecule has 21 heavy (non-hydrogen) atoms. The van der Waals surface area contributed by atoms with E-state index in [1.165, 1.54) is 0 Å². The third kappa shape index (κ3) is 2.92. The van der Waals surface area contributed by atoms with Crippen LogP contribution in [0.3, 0.4) is 0 Å². The van der Waals surface area contributed by atoms with Gasteiger partial charge < -0.3 is 15.5 Å². The SMILES string of the molecule is CCC(CO)(CO)NC(C)c1cnc2cc(C)nn2c1C. The molecule has 0 aromatic carbocycles. The van der Waals surface area contributed by atoms with Gasteiger partial charge in [0.25, 0.3) is 0 Å². The largest absolute Gasteiger partial charge is 0.394 e. The van der Waals surface area contributed by atoms with E-state index in [4.69, 9.17) is 0 Å². The number of aliphatic hydroxyl groups excluding tert-OH is 2. The number of aryl methyl sites for hydroxylation is 2. The van der Waals surface area contributed by atoms with Crippen LogP contribution in [-0.4, -0.2) is 43.6 Å². The van der Waals surface area contributed by atoms with Crippen LogP contribution in [0, 0.1) is 13.8 Å². The lowest BCUT2D eigenvalue weighted by molar-refractivity contribution is 0.0791. The highest BCUT2D eigenvalue weighted by Crippen LogP contribution is 2.22. The molecular weight excluding hydrogens is 268 g/mol. The molecule has 3 N–H and O–H groups in total. The molecule has 1 unspecified atom stereocenters. The molecule has 2 aromatic heterocycles. The standard InChI is InChI=1S/C15H24N4O2/c1-5-15(8-20,9-21)17-11(3)13-7-16-14-6-10(2)18-19(14)12(13)4/h6-7,11,17,20-21H,5,8-9H2,1-4H3. The average molecular weight is 292 g/mol. The second kappa shape index (κ2) is 6.09. The minimum Gasteiger partial charge on any atom is -0.394 e. The Kier molecular flexibility index (Phi) is 4.61. The number of aliphatic hydroxyl groups is 2. The fourth-order valence-electron chi connectivity index (χ4n) is 2.61. The minimum atomic E-state index is -0.680. The van der Waals surface area contributed by atoms with Gasteiger partial charge in [0.1, 0.15) is 0 Å². The molecule has 0 radical (unpaired) electrons. The summed E-state index contributed by atoms with van der Waals surface area (Å²) in [6.07, 6.45) is 2.47. The fraction of sp³-hybridized carbons (Fsp3) is 0.600.